The van der Waals surface area contributed by atoms with E-state index in [1.54, 1.807) is 12.3 Å². The van der Waals surface area contributed by atoms with Gasteiger partial charge in [-0.15, -0.1) is 0 Å². The van der Waals surface area contributed by atoms with Crippen molar-refractivity contribution in [1.82, 2.24) is 25.3 Å². The van der Waals surface area contributed by atoms with Crippen molar-refractivity contribution < 1.29 is 14.0 Å². The number of amides is 2. The molecule has 1 aromatic carbocycles. The van der Waals surface area contributed by atoms with Crippen LogP contribution >= 0.6 is 0 Å². The Balaban J connectivity index is 1.58. The van der Waals surface area contributed by atoms with Gasteiger partial charge in [0.25, 0.3) is 0 Å². The number of nitrogens with one attached hydrogen (secondary N) is 2. The van der Waals surface area contributed by atoms with Crippen molar-refractivity contribution in [1.29, 1.82) is 0 Å². The first-order valence-corrected chi connectivity index (χ1v) is 10.4. The summed E-state index contributed by atoms with van der Waals surface area (Å²) in [5, 5.41) is 10.6. The third kappa shape index (κ3) is 4.25. The normalized spacial score (nSPS) is 17.9. The van der Waals surface area contributed by atoms with Gasteiger partial charge in [-0.1, -0.05) is 18.2 Å². The van der Waals surface area contributed by atoms with Crippen molar-refractivity contribution in [2.24, 2.45) is 0 Å². The molecule has 4 rings (SSSR count). The number of hydrogen-bond donors (Lipinski definition) is 2. The lowest BCUT2D eigenvalue weighted by Crippen LogP contribution is -2.53. The zero-order valence-electron chi connectivity index (χ0n) is 18.0. The molecule has 3 heterocycles. The number of furan rings is 1. The van der Waals surface area contributed by atoms with Crippen LogP contribution in [0.3, 0.4) is 0 Å². The Kier molecular flexibility index (Phi) is 5.90. The minimum atomic E-state index is -0.573. The second-order valence-corrected chi connectivity index (χ2v) is 7.80. The van der Waals surface area contributed by atoms with Crippen LogP contribution in [0.5, 0.6) is 0 Å². The number of para-hydroxylation sites is 1. The number of piperazine rings is 1. The van der Waals surface area contributed by atoms with Crippen molar-refractivity contribution in [2.75, 3.05) is 19.6 Å². The van der Waals surface area contributed by atoms with Gasteiger partial charge in [0.15, 0.2) is 0 Å². The highest BCUT2D eigenvalue weighted by Crippen LogP contribution is 2.30. The lowest BCUT2D eigenvalue weighted by molar-refractivity contribution is -0.132. The fourth-order valence-corrected chi connectivity index (χ4v) is 4.15. The first-order chi connectivity index (χ1) is 15.0. The molecule has 0 spiro atoms. The third-order valence-corrected chi connectivity index (χ3v) is 5.63. The Morgan fingerprint density at radius 3 is 2.74 bits per heavy atom. The van der Waals surface area contributed by atoms with E-state index in [2.05, 4.69) is 15.7 Å². The average Bonchev–Trinajstić information content (AvgIpc) is 3.38. The van der Waals surface area contributed by atoms with Crippen LogP contribution in [0.25, 0.3) is 5.69 Å². The van der Waals surface area contributed by atoms with Gasteiger partial charge in [0.2, 0.25) is 11.8 Å². The van der Waals surface area contributed by atoms with E-state index in [9.17, 15) is 9.59 Å². The van der Waals surface area contributed by atoms with Crippen molar-refractivity contribution in [3.8, 4) is 5.69 Å². The molecule has 0 radical (unpaired) electrons. The minimum Gasteiger partial charge on any atom is -0.467 e. The topological polar surface area (TPSA) is 92.4 Å². The first kappa shape index (κ1) is 20.9. The monoisotopic (exact) mass is 421 g/mol. The van der Waals surface area contributed by atoms with Crippen LogP contribution in [0.2, 0.25) is 0 Å². The van der Waals surface area contributed by atoms with E-state index in [0.717, 1.165) is 22.6 Å². The minimum absolute atomic E-state index is 0.110. The molecule has 2 unspecified atom stereocenters. The van der Waals surface area contributed by atoms with E-state index in [-0.39, 0.29) is 24.4 Å². The van der Waals surface area contributed by atoms with E-state index >= 15 is 0 Å². The quantitative estimate of drug-likeness (QED) is 0.638. The molecule has 3 aromatic rings. The van der Waals surface area contributed by atoms with Gasteiger partial charge in [0.05, 0.1) is 30.2 Å². The van der Waals surface area contributed by atoms with E-state index in [1.165, 1.54) is 0 Å². The van der Waals surface area contributed by atoms with Crippen molar-refractivity contribution in [2.45, 2.75) is 32.9 Å². The maximum atomic E-state index is 12.9. The van der Waals surface area contributed by atoms with Gasteiger partial charge >= 0.3 is 0 Å². The number of aromatic nitrogens is 2. The number of rotatable bonds is 6. The first-order valence-electron chi connectivity index (χ1n) is 10.4. The predicted molar refractivity (Wildman–Crippen MR) is 116 cm³/mol. The number of nitrogens with zero attached hydrogens (tertiary/aromatic N) is 3. The molecule has 2 atom stereocenters. The summed E-state index contributed by atoms with van der Waals surface area (Å²) in [5.74, 6) is 0.420. The molecule has 0 aliphatic carbocycles. The molecule has 8 heteroatoms. The Morgan fingerprint density at radius 2 is 2.03 bits per heavy atom. The molecule has 1 aliphatic heterocycles. The molecular weight excluding hydrogens is 394 g/mol. The lowest BCUT2D eigenvalue weighted by atomic mass is 10.00. The van der Waals surface area contributed by atoms with Gasteiger partial charge in [-0.2, -0.15) is 5.10 Å². The molecule has 1 fully saturated rings. The van der Waals surface area contributed by atoms with Gasteiger partial charge < -0.3 is 15.1 Å². The van der Waals surface area contributed by atoms with E-state index < -0.39 is 6.04 Å². The molecule has 2 amide bonds. The van der Waals surface area contributed by atoms with Crippen LogP contribution in [0.1, 0.15) is 41.7 Å². The molecule has 162 valence electrons. The van der Waals surface area contributed by atoms with Gasteiger partial charge in [-0.25, -0.2) is 4.68 Å². The highest BCUT2D eigenvalue weighted by molar-refractivity contribution is 5.86. The van der Waals surface area contributed by atoms with Crippen molar-refractivity contribution in [3.05, 3.63) is 71.4 Å². The zero-order valence-corrected chi connectivity index (χ0v) is 18.0. The summed E-state index contributed by atoms with van der Waals surface area (Å²) in [7, 11) is 0. The maximum absolute atomic E-state index is 12.9. The average molecular weight is 422 g/mol. The van der Waals surface area contributed by atoms with Crippen LogP contribution in [0.15, 0.2) is 53.1 Å². The Hall–Kier alpha value is -3.39. The number of benzene rings is 1. The number of carbonyl (C=O) groups is 2. The van der Waals surface area contributed by atoms with Crippen molar-refractivity contribution >= 4 is 11.8 Å². The summed E-state index contributed by atoms with van der Waals surface area (Å²) in [4.78, 5) is 27.6. The SMILES string of the molecule is Cc1nn(-c2ccccc2)c(C)c1C1C(=O)NCCN1CC(=O)NC(C)c1ccco1. The summed E-state index contributed by atoms with van der Waals surface area (Å²) >= 11 is 0. The maximum Gasteiger partial charge on any atom is 0.242 e. The second kappa shape index (κ2) is 8.77. The van der Waals surface area contributed by atoms with Gasteiger partial charge in [-0.3, -0.25) is 14.5 Å². The number of aryl methyl sites for hydroxylation is 1. The molecule has 2 N–H and O–H groups in total. The Bertz CT molecular complexity index is 1060. The second-order valence-electron chi connectivity index (χ2n) is 7.80. The molecule has 31 heavy (non-hydrogen) atoms. The summed E-state index contributed by atoms with van der Waals surface area (Å²) < 4.78 is 7.22. The molecule has 0 bridgehead atoms. The highest BCUT2D eigenvalue weighted by atomic mass is 16.3. The van der Waals surface area contributed by atoms with Crippen LogP contribution < -0.4 is 10.6 Å². The van der Waals surface area contributed by atoms with Crippen LogP contribution in [-0.4, -0.2) is 46.1 Å². The lowest BCUT2D eigenvalue weighted by Gasteiger charge is -2.35. The van der Waals surface area contributed by atoms with Crippen LogP contribution in [0, 0.1) is 13.8 Å². The van der Waals surface area contributed by atoms with Crippen LogP contribution in [-0.2, 0) is 9.59 Å². The number of hydrogen-bond acceptors (Lipinski definition) is 5. The van der Waals surface area contributed by atoms with E-state index in [0.29, 0.717) is 18.8 Å². The largest absolute Gasteiger partial charge is 0.467 e. The van der Waals surface area contributed by atoms with Gasteiger partial charge in [0.1, 0.15) is 11.8 Å². The van der Waals surface area contributed by atoms with E-state index in [1.807, 2.05) is 66.8 Å². The molecule has 1 saturated heterocycles. The predicted octanol–water partition coefficient (Wildman–Crippen LogP) is 2.43. The highest BCUT2D eigenvalue weighted by Gasteiger charge is 2.36. The third-order valence-electron chi connectivity index (χ3n) is 5.63. The zero-order chi connectivity index (χ0) is 22.0. The molecule has 1 aliphatic rings. The molecule has 8 nitrogen and oxygen atoms in total. The standard InChI is InChI=1S/C23H27N5O3/c1-15(19-10-7-13-31-19)25-20(29)14-27-12-11-24-23(30)22(27)21-16(2)26-28(17(21)3)18-8-5-4-6-9-18/h4-10,13,15,22H,11-12,14H2,1-3H3,(H,24,30)(H,25,29). The molecular formula is C23H27N5O3. The van der Waals surface area contributed by atoms with Gasteiger partial charge in [-0.05, 0) is 45.0 Å². The van der Waals surface area contributed by atoms with Crippen molar-refractivity contribution in [3.63, 3.8) is 0 Å². The van der Waals surface area contributed by atoms with E-state index in [4.69, 9.17) is 4.42 Å². The Morgan fingerprint density at radius 1 is 1.26 bits per heavy atom. The summed E-state index contributed by atoms with van der Waals surface area (Å²) in [6, 6.07) is 12.6. The number of carbonyl (C=O) groups excluding carboxylic acids is 2. The smallest absolute Gasteiger partial charge is 0.242 e. The fourth-order valence-electron chi connectivity index (χ4n) is 4.15. The van der Waals surface area contributed by atoms with Gasteiger partial charge in [0, 0.05) is 24.3 Å². The summed E-state index contributed by atoms with van der Waals surface area (Å²) in [6.45, 7) is 6.92. The van der Waals surface area contributed by atoms with Crippen LogP contribution in [0.4, 0.5) is 0 Å². The summed E-state index contributed by atoms with van der Waals surface area (Å²) in [5.41, 5.74) is 3.44. The fraction of sp³-hybridized carbons (Fsp3) is 0.348. The molecule has 2 aromatic heterocycles. The summed E-state index contributed by atoms with van der Waals surface area (Å²) in [6.07, 6.45) is 1.58. The molecule has 0 saturated carbocycles. The Labute approximate surface area is 181 Å².